The number of thiophene rings is 1. The maximum Gasteiger partial charge on any atom is 0.284 e. The summed E-state index contributed by atoms with van der Waals surface area (Å²) in [5, 5.41) is 8.99. The summed E-state index contributed by atoms with van der Waals surface area (Å²) in [5.41, 5.74) is 3.01. The maximum atomic E-state index is 12.9. The Morgan fingerprint density at radius 3 is 2.73 bits per heavy atom. The average molecular weight is 437 g/mol. The Morgan fingerprint density at radius 1 is 1.13 bits per heavy atom. The smallest absolute Gasteiger partial charge is 0.284 e. The molecule has 0 radical (unpaired) electrons. The molecule has 5 aromatic rings. The van der Waals surface area contributed by atoms with E-state index in [1.807, 2.05) is 38.1 Å². The van der Waals surface area contributed by atoms with E-state index < -0.39 is 0 Å². The lowest BCUT2D eigenvalue weighted by atomic mass is 10.0. The first-order valence-electron chi connectivity index (χ1n) is 9.18. The van der Waals surface area contributed by atoms with Gasteiger partial charge in [0.25, 0.3) is 16.7 Å². The van der Waals surface area contributed by atoms with Gasteiger partial charge in [-0.3, -0.25) is 4.79 Å². The highest BCUT2D eigenvalue weighted by Gasteiger charge is 2.17. The van der Waals surface area contributed by atoms with Crippen LogP contribution in [0.1, 0.15) is 16.3 Å². The number of nitrogens with zero attached hydrogens (tertiary/aromatic N) is 3. The van der Waals surface area contributed by atoms with Crippen LogP contribution in [0.25, 0.3) is 33.0 Å². The molecule has 7 nitrogen and oxygen atoms in total. The standard InChI is InChI=1S/C21H16N4O3S2/c1-11-5-7-13(8-6-11)16-12(2)30-20-17(16)18(26)22-15(23-20)10-29-21-25-24-19(28-21)14-4-3-9-27-14/h3-9H,10H2,1-2H3,(H,22,23,26). The van der Waals surface area contributed by atoms with Gasteiger partial charge in [0.1, 0.15) is 10.7 Å². The van der Waals surface area contributed by atoms with Crippen LogP contribution in [0.5, 0.6) is 0 Å². The summed E-state index contributed by atoms with van der Waals surface area (Å²) in [5.74, 6) is 1.80. The first kappa shape index (κ1) is 18.8. The van der Waals surface area contributed by atoms with Crippen molar-refractivity contribution in [1.82, 2.24) is 20.2 Å². The minimum atomic E-state index is -0.141. The van der Waals surface area contributed by atoms with Crippen LogP contribution >= 0.6 is 23.1 Å². The minimum absolute atomic E-state index is 0.141. The summed E-state index contributed by atoms with van der Waals surface area (Å²) in [4.78, 5) is 22.2. The van der Waals surface area contributed by atoms with Gasteiger partial charge in [0.05, 0.1) is 17.4 Å². The molecule has 4 aromatic heterocycles. The van der Waals surface area contributed by atoms with Crippen molar-refractivity contribution < 1.29 is 8.83 Å². The zero-order valence-corrected chi connectivity index (χ0v) is 17.8. The number of fused-ring (bicyclic) bond motifs is 1. The molecular weight excluding hydrogens is 420 g/mol. The van der Waals surface area contributed by atoms with Crippen molar-refractivity contribution in [3.8, 4) is 22.8 Å². The van der Waals surface area contributed by atoms with Crippen LogP contribution in [0.3, 0.4) is 0 Å². The van der Waals surface area contributed by atoms with Crippen LogP contribution in [0.15, 0.2) is 61.5 Å². The van der Waals surface area contributed by atoms with Gasteiger partial charge in [0.2, 0.25) is 0 Å². The van der Waals surface area contributed by atoms with E-state index in [1.165, 1.54) is 28.7 Å². The van der Waals surface area contributed by atoms with Crippen LogP contribution in [0, 0.1) is 13.8 Å². The first-order valence-corrected chi connectivity index (χ1v) is 11.0. The normalized spacial score (nSPS) is 11.4. The van der Waals surface area contributed by atoms with Crippen LogP contribution < -0.4 is 5.56 Å². The molecule has 30 heavy (non-hydrogen) atoms. The SMILES string of the molecule is Cc1ccc(-c2c(C)sc3nc(CSc4nnc(-c5ccco5)o4)[nH]c(=O)c23)cc1. The van der Waals surface area contributed by atoms with Crippen molar-refractivity contribution in [3.63, 3.8) is 0 Å². The lowest BCUT2D eigenvalue weighted by Crippen LogP contribution is -2.10. The summed E-state index contributed by atoms with van der Waals surface area (Å²) in [6, 6.07) is 11.7. The van der Waals surface area contributed by atoms with E-state index in [2.05, 4.69) is 20.2 Å². The number of aryl methyl sites for hydroxylation is 2. The predicted molar refractivity (Wildman–Crippen MR) is 117 cm³/mol. The molecule has 0 saturated heterocycles. The fourth-order valence-corrected chi connectivity index (χ4v) is 4.90. The molecule has 0 aliphatic rings. The first-order chi connectivity index (χ1) is 14.6. The molecule has 9 heteroatoms. The van der Waals surface area contributed by atoms with Gasteiger partial charge in [0, 0.05) is 10.4 Å². The van der Waals surface area contributed by atoms with E-state index in [0.29, 0.717) is 33.8 Å². The third kappa shape index (κ3) is 3.46. The van der Waals surface area contributed by atoms with Gasteiger partial charge in [0.15, 0.2) is 5.76 Å². The van der Waals surface area contributed by atoms with Gasteiger partial charge in [-0.05, 0) is 31.5 Å². The third-order valence-corrected chi connectivity index (χ3v) is 6.43. The van der Waals surface area contributed by atoms with Crippen LogP contribution in [0.2, 0.25) is 0 Å². The minimum Gasteiger partial charge on any atom is -0.459 e. The zero-order valence-electron chi connectivity index (χ0n) is 16.1. The molecule has 0 aliphatic heterocycles. The highest BCUT2D eigenvalue weighted by Crippen LogP contribution is 2.36. The number of rotatable bonds is 5. The van der Waals surface area contributed by atoms with Crippen molar-refractivity contribution in [2.24, 2.45) is 0 Å². The van der Waals surface area contributed by atoms with Gasteiger partial charge in [-0.1, -0.05) is 41.6 Å². The Labute approximate surface area is 179 Å². The van der Waals surface area contributed by atoms with E-state index in [0.717, 1.165) is 20.8 Å². The molecule has 0 saturated carbocycles. The van der Waals surface area contributed by atoms with E-state index in [9.17, 15) is 4.79 Å². The highest BCUT2D eigenvalue weighted by molar-refractivity contribution is 7.98. The number of aromatic nitrogens is 4. The maximum absolute atomic E-state index is 12.9. The Bertz CT molecular complexity index is 1380. The van der Waals surface area contributed by atoms with E-state index >= 15 is 0 Å². The van der Waals surface area contributed by atoms with Gasteiger partial charge in [-0.25, -0.2) is 4.98 Å². The fourth-order valence-electron chi connectivity index (χ4n) is 3.20. The average Bonchev–Trinajstić information content (AvgIpc) is 3.46. The van der Waals surface area contributed by atoms with E-state index in [1.54, 1.807) is 18.4 Å². The third-order valence-electron chi connectivity index (χ3n) is 4.60. The molecule has 0 bridgehead atoms. The van der Waals surface area contributed by atoms with Gasteiger partial charge < -0.3 is 13.8 Å². The number of thioether (sulfide) groups is 1. The summed E-state index contributed by atoms with van der Waals surface area (Å²) in [6.45, 7) is 4.06. The van der Waals surface area contributed by atoms with Crippen molar-refractivity contribution in [3.05, 3.63) is 69.3 Å². The molecular formula is C21H16N4O3S2. The second kappa shape index (κ2) is 7.58. The van der Waals surface area contributed by atoms with E-state index in [-0.39, 0.29) is 5.56 Å². The molecule has 1 aromatic carbocycles. The number of hydrogen-bond acceptors (Lipinski definition) is 8. The number of aromatic amines is 1. The Morgan fingerprint density at radius 2 is 1.97 bits per heavy atom. The molecule has 1 N–H and O–H groups in total. The van der Waals surface area contributed by atoms with Crippen LogP contribution in [0.4, 0.5) is 0 Å². The molecule has 0 spiro atoms. The van der Waals surface area contributed by atoms with Gasteiger partial charge in [-0.2, -0.15) is 0 Å². The van der Waals surface area contributed by atoms with Crippen molar-refractivity contribution >= 4 is 33.3 Å². The lowest BCUT2D eigenvalue weighted by molar-refractivity contribution is 0.447. The molecule has 0 atom stereocenters. The number of hydrogen-bond donors (Lipinski definition) is 1. The zero-order chi connectivity index (χ0) is 20.7. The molecule has 0 unspecified atom stereocenters. The molecule has 150 valence electrons. The molecule has 5 rings (SSSR count). The summed E-state index contributed by atoms with van der Waals surface area (Å²) >= 11 is 2.83. The Kier molecular flexibility index (Phi) is 4.76. The van der Waals surface area contributed by atoms with Crippen molar-refractivity contribution in [2.75, 3.05) is 0 Å². The largest absolute Gasteiger partial charge is 0.459 e. The number of nitrogens with one attached hydrogen (secondary N) is 1. The highest BCUT2D eigenvalue weighted by atomic mass is 32.2. The second-order valence-corrected chi connectivity index (χ2v) is 8.86. The molecule has 0 aliphatic carbocycles. The van der Waals surface area contributed by atoms with Crippen molar-refractivity contribution in [2.45, 2.75) is 24.8 Å². The molecule has 0 fully saturated rings. The monoisotopic (exact) mass is 436 g/mol. The Hall–Kier alpha value is -3.17. The van der Waals surface area contributed by atoms with Gasteiger partial charge in [-0.15, -0.1) is 21.5 Å². The summed E-state index contributed by atoms with van der Waals surface area (Å²) < 4.78 is 10.8. The fraction of sp³-hybridized carbons (Fsp3) is 0.143. The van der Waals surface area contributed by atoms with Gasteiger partial charge >= 0.3 is 0 Å². The van der Waals surface area contributed by atoms with Crippen molar-refractivity contribution in [1.29, 1.82) is 0 Å². The number of H-pyrrole nitrogens is 1. The summed E-state index contributed by atoms with van der Waals surface area (Å²) in [6.07, 6.45) is 1.55. The predicted octanol–water partition coefficient (Wildman–Crippen LogP) is 5.20. The Balaban J connectivity index is 1.43. The summed E-state index contributed by atoms with van der Waals surface area (Å²) in [7, 11) is 0. The topological polar surface area (TPSA) is 97.8 Å². The molecule has 4 heterocycles. The number of benzene rings is 1. The van der Waals surface area contributed by atoms with Crippen LogP contribution in [-0.4, -0.2) is 20.2 Å². The lowest BCUT2D eigenvalue weighted by Gasteiger charge is -2.03. The molecule has 0 amide bonds. The van der Waals surface area contributed by atoms with Crippen LogP contribution in [-0.2, 0) is 5.75 Å². The quantitative estimate of drug-likeness (QED) is 0.378. The number of furan rings is 1. The second-order valence-electron chi connectivity index (χ2n) is 6.73. The van der Waals surface area contributed by atoms with E-state index in [4.69, 9.17) is 8.83 Å².